The molecule has 0 amide bonds. The number of aromatic nitrogens is 1. The number of nitrogens with zero attached hydrogens (tertiary/aromatic N) is 2. The normalized spacial score (nSPS) is 20.6. The van der Waals surface area contributed by atoms with Crippen LogP contribution in [-0.2, 0) is 0 Å². The molecule has 1 atom stereocenters. The van der Waals surface area contributed by atoms with Crippen LogP contribution < -0.4 is 5.32 Å². The molecule has 1 saturated heterocycles. The molecule has 1 fully saturated rings. The van der Waals surface area contributed by atoms with Crippen molar-refractivity contribution in [2.24, 2.45) is 11.8 Å². The molecule has 0 aliphatic carbocycles. The first-order chi connectivity index (χ1) is 8.63. The van der Waals surface area contributed by atoms with Crippen LogP contribution >= 0.6 is 0 Å². The third-order valence-electron chi connectivity index (χ3n) is 3.48. The molecule has 1 aromatic rings. The van der Waals surface area contributed by atoms with Gasteiger partial charge in [-0.25, -0.2) is 0 Å². The summed E-state index contributed by atoms with van der Waals surface area (Å²) in [5.74, 6) is 1.57. The van der Waals surface area contributed by atoms with Gasteiger partial charge < -0.3 is 10.2 Å². The maximum Gasteiger partial charge on any atom is 0.0393 e. The molecule has 3 nitrogen and oxygen atoms in total. The van der Waals surface area contributed by atoms with E-state index in [2.05, 4.69) is 35.1 Å². The van der Waals surface area contributed by atoms with Gasteiger partial charge in [-0.05, 0) is 43.9 Å². The van der Waals surface area contributed by atoms with Crippen LogP contribution in [0, 0.1) is 18.8 Å². The molecular weight excluding hydrogens is 222 g/mol. The zero-order valence-electron chi connectivity index (χ0n) is 11.8. The van der Waals surface area contributed by atoms with Crippen molar-refractivity contribution in [1.29, 1.82) is 0 Å². The Balaban J connectivity index is 1.75. The minimum atomic E-state index is 0.777. The molecule has 2 heterocycles. The summed E-state index contributed by atoms with van der Waals surface area (Å²) in [6.45, 7) is 11.5. The molecule has 1 aliphatic heterocycles. The van der Waals surface area contributed by atoms with E-state index in [4.69, 9.17) is 0 Å². The number of nitrogens with one attached hydrogen (secondary N) is 1. The van der Waals surface area contributed by atoms with Crippen LogP contribution in [0.25, 0.3) is 0 Å². The van der Waals surface area contributed by atoms with Crippen LogP contribution in [0.5, 0.6) is 0 Å². The van der Waals surface area contributed by atoms with E-state index < -0.39 is 0 Å². The third kappa shape index (κ3) is 3.98. The van der Waals surface area contributed by atoms with Gasteiger partial charge in [0.15, 0.2) is 0 Å². The van der Waals surface area contributed by atoms with Gasteiger partial charge in [0.2, 0.25) is 0 Å². The lowest BCUT2D eigenvalue weighted by atomic mass is 10.1. The second-order valence-corrected chi connectivity index (χ2v) is 5.87. The van der Waals surface area contributed by atoms with Crippen molar-refractivity contribution in [1.82, 2.24) is 9.88 Å². The van der Waals surface area contributed by atoms with Gasteiger partial charge in [-0.3, -0.25) is 4.98 Å². The van der Waals surface area contributed by atoms with Crippen LogP contribution in [0.2, 0.25) is 0 Å². The highest BCUT2D eigenvalue weighted by atomic mass is 15.1. The Hall–Kier alpha value is -1.09. The highest BCUT2D eigenvalue weighted by Gasteiger charge is 2.22. The Bertz CT molecular complexity index is 376. The molecule has 0 spiro atoms. The summed E-state index contributed by atoms with van der Waals surface area (Å²) in [6.07, 6.45) is 3.20. The van der Waals surface area contributed by atoms with E-state index in [1.807, 2.05) is 19.2 Å². The molecule has 0 radical (unpaired) electrons. The van der Waals surface area contributed by atoms with Crippen LogP contribution in [0.4, 0.5) is 5.69 Å². The maximum atomic E-state index is 4.22. The van der Waals surface area contributed by atoms with Crippen LogP contribution in [0.1, 0.15) is 26.0 Å². The van der Waals surface area contributed by atoms with Crippen molar-refractivity contribution in [2.75, 3.05) is 31.5 Å². The van der Waals surface area contributed by atoms with Gasteiger partial charge >= 0.3 is 0 Å². The highest BCUT2D eigenvalue weighted by molar-refractivity contribution is 5.42. The second-order valence-electron chi connectivity index (χ2n) is 5.87. The van der Waals surface area contributed by atoms with Crippen molar-refractivity contribution in [3.8, 4) is 0 Å². The molecule has 1 aliphatic rings. The quantitative estimate of drug-likeness (QED) is 0.867. The van der Waals surface area contributed by atoms with Gasteiger partial charge in [0.1, 0.15) is 0 Å². The van der Waals surface area contributed by atoms with Gasteiger partial charge in [0.25, 0.3) is 0 Å². The minimum absolute atomic E-state index is 0.777. The third-order valence-corrected chi connectivity index (χ3v) is 3.48. The van der Waals surface area contributed by atoms with Gasteiger partial charge in [-0.15, -0.1) is 0 Å². The van der Waals surface area contributed by atoms with E-state index in [-0.39, 0.29) is 0 Å². The molecule has 0 aromatic carbocycles. The Kier molecular flexibility index (Phi) is 4.59. The van der Waals surface area contributed by atoms with E-state index in [0.717, 1.165) is 24.1 Å². The van der Waals surface area contributed by atoms with Crippen LogP contribution in [0.15, 0.2) is 18.3 Å². The number of anilines is 1. The fourth-order valence-corrected chi connectivity index (χ4v) is 2.68. The molecule has 0 bridgehead atoms. The molecule has 0 saturated carbocycles. The summed E-state index contributed by atoms with van der Waals surface area (Å²) in [6, 6.07) is 4.16. The number of pyridine rings is 1. The lowest BCUT2D eigenvalue weighted by molar-refractivity contribution is 0.289. The second kappa shape index (κ2) is 6.19. The van der Waals surface area contributed by atoms with Gasteiger partial charge in [-0.1, -0.05) is 13.8 Å². The van der Waals surface area contributed by atoms with Crippen molar-refractivity contribution >= 4 is 5.69 Å². The summed E-state index contributed by atoms with van der Waals surface area (Å²) in [4.78, 5) is 6.81. The molecule has 2 rings (SSSR count). The topological polar surface area (TPSA) is 28.2 Å². The van der Waals surface area contributed by atoms with Crippen molar-refractivity contribution in [3.63, 3.8) is 0 Å². The molecule has 1 N–H and O–H groups in total. The summed E-state index contributed by atoms with van der Waals surface area (Å²) in [5.41, 5.74) is 2.28. The predicted octanol–water partition coefficient (Wildman–Crippen LogP) is 2.78. The number of aryl methyl sites for hydroxylation is 1. The SMILES string of the molecule is Cc1cc(NCC2CCN(CC(C)C)C2)ccn1. The van der Waals surface area contributed by atoms with Crippen molar-refractivity contribution < 1.29 is 0 Å². The standard InChI is InChI=1S/C15H25N3/c1-12(2)10-18-7-5-14(11-18)9-17-15-4-6-16-13(3)8-15/h4,6,8,12,14H,5,7,9-11H2,1-3H3,(H,16,17). The van der Waals surface area contributed by atoms with Crippen molar-refractivity contribution in [2.45, 2.75) is 27.2 Å². The highest BCUT2D eigenvalue weighted by Crippen LogP contribution is 2.18. The molecule has 3 heteroatoms. The monoisotopic (exact) mass is 247 g/mol. The number of likely N-dealkylation sites (tertiary alicyclic amines) is 1. The fourth-order valence-electron chi connectivity index (χ4n) is 2.68. The van der Waals surface area contributed by atoms with E-state index in [0.29, 0.717) is 0 Å². The van der Waals surface area contributed by atoms with Crippen molar-refractivity contribution in [3.05, 3.63) is 24.0 Å². The van der Waals surface area contributed by atoms with Crippen LogP contribution in [-0.4, -0.2) is 36.1 Å². The van der Waals surface area contributed by atoms with Gasteiger partial charge in [-0.2, -0.15) is 0 Å². The minimum Gasteiger partial charge on any atom is -0.385 e. The van der Waals surface area contributed by atoms with E-state index in [1.165, 1.54) is 31.7 Å². The van der Waals surface area contributed by atoms with Crippen LogP contribution in [0.3, 0.4) is 0 Å². The molecule has 18 heavy (non-hydrogen) atoms. The zero-order valence-corrected chi connectivity index (χ0v) is 11.8. The number of rotatable bonds is 5. The first-order valence-electron chi connectivity index (χ1n) is 7.02. The first kappa shape index (κ1) is 13.3. The van der Waals surface area contributed by atoms with Gasteiger partial charge in [0.05, 0.1) is 0 Å². The first-order valence-corrected chi connectivity index (χ1v) is 7.02. The summed E-state index contributed by atoms with van der Waals surface area (Å²) in [7, 11) is 0. The predicted molar refractivity (Wildman–Crippen MR) is 76.8 cm³/mol. The molecular formula is C15H25N3. The maximum absolute atomic E-state index is 4.22. The summed E-state index contributed by atoms with van der Waals surface area (Å²) in [5, 5.41) is 3.53. The average Bonchev–Trinajstić information content (AvgIpc) is 2.73. The summed E-state index contributed by atoms with van der Waals surface area (Å²) < 4.78 is 0. The Morgan fingerprint density at radius 1 is 1.50 bits per heavy atom. The number of hydrogen-bond acceptors (Lipinski definition) is 3. The lowest BCUT2D eigenvalue weighted by Crippen LogP contribution is -2.26. The zero-order chi connectivity index (χ0) is 13.0. The Morgan fingerprint density at radius 3 is 3.06 bits per heavy atom. The summed E-state index contributed by atoms with van der Waals surface area (Å²) >= 11 is 0. The van der Waals surface area contributed by atoms with E-state index in [9.17, 15) is 0 Å². The smallest absolute Gasteiger partial charge is 0.0393 e. The Labute approximate surface area is 111 Å². The fraction of sp³-hybridized carbons (Fsp3) is 0.667. The largest absolute Gasteiger partial charge is 0.385 e. The van der Waals surface area contributed by atoms with E-state index >= 15 is 0 Å². The lowest BCUT2D eigenvalue weighted by Gasteiger charge is -2.18. The molecule has 100 valence electrons. The Morgan fingerprint density at radius 2 is 2.33 bits per heavy atom. The van der Waals surface area contributed by atoms with E-state index in [1.54, 1.807) is 0 Å². The molecule has 1 aromatic heterocycles. The molecule has 1 unspecified atom stereocenters. The average molecular weight is 247 g/mol. The number of hydrogen-bond donors (Lipinski definition) is 1. The van der Waals surface area contributed by atoms with Gasteiger partial charge in [0, 0.05) is 37.2 Å².